The third kappa shape index (κ3) is 4.68. The number of ketones is 1. The largest absolute Gasteiger partial charge is 0.333 e. The van der Waals surface area contributed by atoms with E-state index in [-0.39, 0.29) is 17.7 Å². The molecule has 0 N–H and O–H groups in total. The lowest BCUT2D eigenvalue weighted by molar-refractivity contribution is -0.556. The van der Waals surface area contributed by atoms with Crippen LogP contribution in [0.4, 0.5) is 4.79 Å². The third-order valence-corrected chi connectivity index (χ3v) is 7.92. The molecule has 198 valence electrons. The Labute approximate surface area is 223 Å². The number of amidine groups is 2. The van der Waals surface area contributed by atoms with E-state index in [9.17, 15) is 14.4 Å². The molecule has 5 rings (SSSR count). The molecule has 3 heterocycles. The highest BCUT2D eigenvalue weighted by atomic mass is 16.2. The van der Waals surface area contributed by atoms with Crippen LogP contribution in [0.3, 0.4) is 0 Å². The summed E-state index contributed by atoms with van der Waals surface area (Å²) >= 11 is 0. The van der Waals surface area contributed by atoms with Crippen LogP contribution < -0.4 is 0 Å². The van der Waals surface area contributed by atoms with Crippen LogP contribution in [0.5, 0.6) is 0 Å². The van der Waals surface area contributed by atoms with Gasteiger partial charge in [0.2, 0.25) is 0 Å². The number of carbonyl (C=O) groups excluding carboxylic acids is 3. The summed E-state index contributed by atoms with van der Waals surface area (Å²) in [5.41, 5.74) is 2.54. The Kier molecular flexibility index (Phi) is 7.23. The fourth-order valence-corrected chi connectivity index (χ4v) is 5.64. The summed E-state index contributed by atoms with van der Waals surface area (Å²) < 4.78 is 1.81. The Hall–Kier alpha value is -3.69. The molecular formula is C29H35N6O3+. The van der Waals surface area contributed by atoms with E-state index in [1.54, 1.807) is 14.0 Å². The number of imide groups is 1. The van der Waals surface area contributed by atoms with E-state index in [1.165, 1.54) is 30.0 Å². The van der Waals surface area contributed by atoms with Gasteiger partial charge < -0.3 is 0 Å². The van der Waals surface area contributed by atoms with E-state index in [4.69, 9.17) is 4.99 Å². The number of hydrogen-bond donors (Lipinski definition) is 0. The highest BCUT2D eigenvalue weighted by molar-refractivity contribution is 6.23. The molecule has 2 unspecified atom stereocenters. The molecule has 3 aliphatic rings. The molecule has 2 atom stereocenters. The molecule has 2 aromatic rings. The van der Waals surface area contributed by atoms with Crippen molar-refractivity contribution in [3.63, 3.8) is 0 Å². The topological polar surface area (TPSA) is 79.5 Å². The van der Waals surface area contributed by atoms with Gasteiger partial charge in [-0.2, -0.15) is 0 Å². The lowest BCUT2D eigenvalue weighted by Crippen LogP contribution is -2.63. The van der Waals surface area contributed by atoms with Crippen molar-refractivity contribution in [1.29, 1.82) is 0 Å². The van der Waals surface area contributed by atoms with Gasteiger partial charge >= 0.3 is 11.9 Å². The molecule has 9 nitrogen and oxygen atoms in total. The smallest absolute Gasteiger partial charge is 0.295 e. The van der Waals surface area contributed by atoms with Crippen LogP contribution in [0, 0.1) is 0 Å². The van der Waals surface area contributed by atoms with Crippen LogP contribution >= 0.6 is 0 Å². The normalized spacial score (nSPS) is 21.7. The summed E-state index contributed by atoms with van der Waals surface area (Å²) in [5.74, 6) is 0.654. The summed E-state index contributed by atoms with van der Waals surface area (Å²) in [6.07, 6.45) is 0. The van der Waals surface area contributed by atoms with Crippen molar-refractivity contribution >= 4 is 29.4 Å². The number of amides is 3. The number of Topliss-reactive ketones (excluding diaryl/α,β-unsaturated/α-hetero) is 1. The van der Waals surface area contributed by atoms with Gasteiger partial charge in [-0.1, -0.05) is 60.7 Å². The zero-order valence-corrected chi connectivity index (χ0v) is 22.4. The molecule has 0 aromatic heterocycles. The van der Waals surface area contributed by atoms with Crippen molar-refractivity contribution in [3.8, 4) is 0 Å². The molecular weight excluding hydrogens is 480 g/mol. The van der Waals surface area contributed by atoms with Gasteiger partial charge in [0.1, 0.15) is 6.54 Å². The minimum atomic E-state index is -0.765. The van der Waals surface area contributed by atoms with Crippen LogP contribution in [0.1, 0.15) is 31.0 Å². The molecule has 38 heavy (non-hydrogen) atoms. The van der Waals surface area contributed by atoms with Gasteiger partial charge in [0.25, 0.3) is 17.8 Å². The summed E-state index contributed by atoms with van der Waals surface area (Å²) in [4.78, 5) is 50.2. The van der Waals surface area contributed by atoms with E-state index in [2.05, 4.69) is 58.3 Å². The molecule has 2 saturated heterocycles. The van der Waals surface area contributed by atoms with Crippen LogP contribution in [0.25, 0.3) is 0 Å². The maximum Gasteiger partial charge on any atom is 0.333 e. The quantitative estimate of drug-likeness (QED) is 0.528. The molecule has 3 amide bonds. The first-order valence-corrected chi connectivity index (χ1v) is 13.1. The second-order valence-corrected chi connectivity index (χ2v) is 10.3. The lowest BCUT2D eigenvalue weighted by atomic mass is 9.96. The zero-order valence-electron chi connectivity index (χ0n) is 22.4. The van der Waals surface area contributed by atoms with Gasteiger partial charge in [0, 0.05) is 40.3 Å². The Balaban J connectivity index is 1.37. The number of fused-ring (bicyclic) bond motifs is 1. The summed E-state index contributed by atoms with van der Waals surface area (Å²) in [6.45, 7) is 7.20. The van der Waals surface area contributed by atoms with Gasteiger partial charge in [0.15, 0.2) is 11.8 Å². The third-order valence-electron chi connectivity index (χ3n) is 7.92. The van der Waals surface area contributed by atoms with Gasteiger partial charge in [-0.15, -0.1) is 0 Å². The summed E-state index contributed by atoms with van der Waals surface area (Å²) in [6, 6.07) is 19.6. The SMILES string of the molecule is CC(=O)C(C)[N+]1=C(CN2CCN(C(c3ccccc3)c3ccccc3)CC2)N=C2C1C(=O)N(C)C(=O)N2C. The molecule has 0 bridgehead atoms. The molecule has 0 radical (unpaired) electrons. The predicted octanol–water partition coefficient (Wildman–Crippen LogP) is 2.09. The number of rotatable bonds is 7. The average molecular weight is 516 g/mol. The number of benzene rings is 2. The molecule has 3 aliphatic heterocycles. The van der Waals surface area contributed by atoms with Gasteiger partial charge in [0.05, 0.1) is 6.04 Å². The second-order valence-electron chi connectivity index (χ2n) is 10.3. The number of hydrogen-bond acceptors (Lipinski definition) is 6. The summed E-state index contributed by atoms with van der Waals surface area (Å²) in [7, 11) is 3.10. The van der Waals surface area contributed by atoms with Crippen LogP contribution in [0.2, 0.25) is 0 Å². The minimum Gasteiger partial charge on any atom is -0.295 e. The van der Waals surface area contributed by atoms with Gasteiger partial charge in [-0.05, 0) is 30.0 Å². The second kappa shape index (κ2) is 10.6. The lowest BCUT2D eigenvalue weighted by Gasteiger charge is -2.39. The number of carbonyl (C=O) groups is 3. The van der Waals surface area contributed by atoms with Crippen molar-refractivity contribution in [2.24, 2.45) is 4.99 Å². The highest BCUT2D eigenvalue weighted by Gasteiger charge is 2.54. The van der Waals surface area contributed by atoms with Crippen molar-refractivity contribution in [2.45, 2.75) is 32.0 Å². The molecule has 0 aliphatic carbocycles. The Bertz CT molecular complexity index is 1240. The fraction of sp³-hybridized carbons (Fsp3) is 0.414. The van der Waals surface area contributed by atoms with Crippen LogP contribution in [-0.4, -0.2) is 112 Å². The van der Waals surface area contributed by atoms with Crippen molar-refractivity contribution in [2.75, 3.05) is 46.8 Å². The first-order valence-electron chi connectivity index (χ1n) is 13.1. The van der Waals surface area contributed by atoms with E-state index < -0.39 is 18.1 Å². The Morgan fingerprint density at radius 1 is 0.921 bits per heavy atom. The van der Waals surface area contributed by atoms with Crippen LogP contribution in [0.15, 0.2) is 65.7 Å². The first kappa shape index (κ1) is 25.9. The van der Waals surface area contributed by atoms with Crippen molar-refractivity contribution in [3.05, 3.63) is 71.8 Å². The monoisotopic (exact) mass is 515 g/mol. The van der Waals surface area contributed by atoms with Crippen molar-refractivity contribution < 1.29 is 19.0 Å². The maximum atomic E-state index is 13.1. The van der Waals surface area contributed by atoms with E-state index in [1.807, 2.05) is 16.7 Å². The predicted molar refractivity (Wildman–Crippen MR) is 145 cm³/mol. The summed E-state index contributed by atoms with van der Waals surface area (Å²) in [5, 5.41) is 0. The van der Waals surface area contributed by atoms with E-state index >= 15 is 0 Å². The molecule has 2 fully saturated rings. The molecule has 0 saturated carbocycles. The van der Waals surface area contributed by atoms with Gasteiger partial charge in [-0.25, -0.2) is 9.37 Å². The highest BCUT2D eigenvalue weighted by Crippen LogP contribution is 2.29. The first-order chi connectivity index (χ1) is 18.3. The number of urea groups is 1. The average Bonchev–Trinajstić information content (AvgIpc) is 3.31. The van der Waals surface area contributed by atoms with Crippen molar-refractivity contribution in [1.82, 2.24) is 19.6 Å². The zero-order chi connectivity index (χ0) is 27.0. The van der Waals surface area contributed by atoms with Crippen LogP contribution in [-0.2, 0) is 9.59 Å². The standard InChI is InChI=1S/C29H35N6O3/c1-20(21(2)36)35-24(30-27-26(35)28(37)32(4)29(38)31(27)3)19-33-15-17-34(18-16-33)25(22-11-7-5-8-12-22)23-13-9-6-10-14-23/h5-14,20,25-26H,15-19H2,1-4H3/q+1. The molecule has 9 heteroatoms. The number of aliphatic imine (C=N–C) groups is 1. The Morgan fingerprint density at radius 3 is 2.00 bits per heavy atom. The van der Waals surface area contributed by atoms with Gasteiger partial charge in [-0.3, -0.25) is 29.2 Å². The number of nitrogens with zero attached hydrogens (tertiary/aromatic N) is 6. The Morgan fingerprint density at radius 2 is 1.47 bits per heavy atom. The number of piperazine rings is 1. The maximum absolute atomic E-state index is 13.1. The molecule has 0 spiro atoms. The number of likely N-dealkylation sites (N-methyl/N-ethyl adjacent to an activating group) is 2. The minimum absolute atomic E-state index is 0.0488. The molecule has 2 aromatic carbocycles. The fourth-order valence-electron chi connectivity index (χ4n) is 5.64. The van der Waals surface area contributed by atoms with E-state index in [0.717, 1.165) is 31.1 Å². The van der Waals surface area contributed by atoms with E-state index in [0.29, 0.717) is 18.2 Å².